The predicted octanol–water partition coefficient (Wildman–Crippen LogP) is 3.77. The largest absolute Gasteiger partial charge is 0.449 e. The maximum Gasteiger partial charge on any atom is 0.409 e. The summed E-state index contributed by atoms with van der Waals surface area (Å²) in [5, 5.41) is 29.2. The van der Waals surface area contributed by atoms with Gasteiger partial charge < -0.3 is 25.4 Å². The molecule has 0 unspecified atom stereocenters. The molecule has 1 saturated heterocycles. The highest BCUT2D eigenvalue weighted by Gasteiger charge is 2.41. The fraction of sp³-hybridized carbons (Fsp3) is 0.483. The summed E-state index contributed by atoms with van der Waals surface area (Å²) >= 11 is 0. The molecule has 2 aliphatic rings. The molecule has 5 rings (SSSR count). The van der Waals surface area contributed by atoms with Gasteiger partial charge in [0.05, 0.1) is 65.2 Å². The first-order valence-electron chi connectivity index (χ1n) is 13.9. The summed E-state index contributed by atoms with van der Waals surface area (Å²) < 4.78 is 48.0. The molecule has 0 aromatic carbocycles. The molecule has 3 aromatic rings. The number of aromatic nitrogens is 3. The lowest BCUT2D eigenvalue weighted by atomic mass is 9.80. The van der Waals surface area contributed by atoms with Crippen LogP contribution < -0.4 is 10.6 Å². The number of nitrogens with one attached hydrogen (secondary N) is 2. The Labute approximate surface area is 245 Å². The third-order valence-corrected chi connectivity index (χ3v) is 7.71. The molecule has 2 amide bonds. The summed E-state index contributed by atoms with van der Waals surface area (Å²) in [6, 6.07) is 8.90. The van der Waals surface area contributed by atoms with E-state index in [0.717, 1.165) is 4.90 Å². The number of amides is 2. The number of rotatable bonds is 9. The van der Waals surface area contributed by atoms with Gasteiger partial charge >= 0.3 is 6.09 Å². The first-order valence-corrected chi connectivity index (χ1v) is 13.9. The summed E-state index contributed by atoms with van der Waals surface area (Å²) in [4.78, 5) is 30.7. The molecular formula is C29H32F3N7O4. The normalized spacial score (nSPS) is 20.3. The van der Waals surface area contributed by atoms with Crippen LogP contribution in [0, 0.1) is 17.2 Å². The first-order chi connectivity index (χ1) is 20.3. The van der Waals surface area contributed by atoms with Gasteiger partial charge in [0.25, 0.3) is 11.8 Å². The zero-order chi connectivity index (χ0) is 30.9. The number of nitriles is 1. The molecule has 4 heterocycles. The number of carbonyl (C=O) groups is 2. The fourth-order valence-electron chi connectivity index (χ4n) is 5.06. The number of alkyl halides is 3. The topological polar surface area (TPSA) is 145 Å². The van der Waals surface area contributed by atoms with Crippen molar-refractivity contribution < 1.29 is 32.6 Å². The SMILES string of the molecule is CC(C)(O)[C@H](F)CNC(=O)c1cnc(-c2ccc3cc(C#N)cnn23)cc1NC1CC(COC(=O)N2CCC(F)(F)C2)C1. The summed E-state index contributed by atoms with van der Waals surface area (Å²) in [6.45, 7) is 1.63. The van der Waals surface area contributed by atoms with Gasteiger partial charge in [-0.05, 0) is 56.9 Å². The van der Waals surface area contributed by atoms with Crippen LogP contribution in [0.15, 0.2) is 36.7 Å². The van der Waals surface area contributed by atoms with Crippen molar-refractivity contribution in [1.82, 2.24) is 24.8 Å². The van der Waals surface area contributed by atoms with E-state index in [1.807, 2.05) is 6.07 Å². The van der Waals surface area contributed by atoms with Gasteiger partial charge in [-0.3, -0.25) is 9.78 Å². The number of likely N-dealkylation sites (tertiary alicyclic amines) is 1. The summed E-state index contributed by atoms with van der Waals surface area (Å²) in [5.41, 5.74) is 1.16. The van der Waals surface area contributed by atoms with E-state index >= 15 is 0 Å². The average molecular weight is 600 g/mol. The van der Waals surface area contributed by atoms with E-state index in [2.05, 4.69) is 20.7 Å². The molecule has 0 spiro atoms. The molecule has 14 heteroatoms. The molecule has 0 radical (unpaired) electrons. The maximum atomic E-state index is 14.3. The lowest BCUT2D eigenvalue weighted by molar-refractivity contribution is -0.00178. The molecule has 0 bridgehead atoms. The number of carbonyl (C=O) groups excluding carboxylic acids is 2. The molecule has 3 aromatic heterocycles. The number of halogens is 3. The number of anilines is 1. The molecule has 2 fully saturated rings. The van der Waals surface area contributed by atoms with E-state index in [9.17, 15) is 33.1 Å². The van der Waals surface area contributed by atoms with Crippen molar-refractivity contribution in [2.45, 2.75) is 56.8 Å². The number of fused-ring (bicyclic) bond motifs is 1. The smallest absolute Gasteiger partial charge is 0.409 e. The van der Waals surface area contributed by atoms with Crippen LogP contribution in [0.4, 0.5) is 23.7 Å². The minimum atomic E-state index is -2.89. The van der Waals surface area contributed by atoms with Gasteiger partial charge in [-0.1, -0.05) is 0 Å². The zero-order valence-corrected chi connectivity index (χ0v) is 23.7. The van der Waals surface area contributed by atoms with Crippen LogP contribution in [-0.4, -0.2) is 86.6 Å². The van der Waals surface area contributed by atoms with Crippen LogP contribution in [-0.2, 0) is 4.74 Å². The van der Waals surface area contributed by atoms with E-state index in [4.69, 9.17) is 4.74 Å². The van der Waals surface area contributed by atoms with Crippen LogP contribution >= 0.6 is 0 Å². The minimum Gasteiger partial charge on any atom is -0.449 e. The number of nitrogens with zero attached hydrogens (tertiary/aromatic N) is 5. The van der Waals surface area contributed by atoms with Gasteiger partial charge in [0.2, 0.25) is 0 Å². The van der Waals surface area contributed by atoms with Crippen molar-refractivity contribution in [1.29, 1.82) is 5.26 Å². The molecule has 1 aliphatic carbocycles. The van der Waals surface area contributed by atoms with E-state index < -0.39 is 42.8 Å². The van der Waals surface area contributed by atoms with E-state index in [0.29, 0.717) is 41.0 Å². The monoisotopic (exact) mass is 599 g/mol. The minimum absolute atomic E-state index is 0.00957. The molecule has 1 saturated carbocycles. The van der Waals surface area contributed by atoms with Crippen molar-refractivity contribution in [2.75, 3.05) is 31.6 Å². The second-order valence-electron chi connectivity index (χ2n) is 11.6. The third kappa shape index (κ3) is 6.83. The number of hydrogen-bond acceptors (Lipinski definition) is 8. The van der Waals surface area contributed by atoms with Gasteiger partial charge in [-0.2, -0.15) is 10.4 Å². The van der Waals surface area contributed by atoms with Gasteiger partial charge in [0, 0.05) is 25.2 Å². The van der Waals surface area contributed by atoms with E-state index in [1.165, 1.54) is 26.2 Å². The second kappa shape index (κ2) is 11.7. The zero-order valence-electron chi connectivity index (χ0n) is 23.7. The van der Waals surface area contributed by atoms with Crippen molar-refractivity contribution in [3.05, 3.63) is 47.8 Å². The van der Waals surface area contributed by atoms with E-state index in [-0.39, 0.29) is 37.1 Å². The van der Waals surface area contributed by atoms with Crippen molar-refractivity contribution in [3.63, 3.8) is 0 Å². The van der Waals surface area contributed by atoms with E-state index in [1.54, 1.807) is 28.8 Å². The Morgan fingerprint density at radius 3 is 2.72 bits per heavy atom. The third-order valence-electron chi connectivity index (χ3n) is 7.71. The quantitative estimate of drug-likeness (QED) is 0.337. The second-order valence-corrected chi connectivity index (χ2v) is 11.6. The number of aliphatic hydroxyl groups is 1. The van der Waals surface area contributed by atoms with Gasteiger partial charge in [0.15, 0.2) is 0 Å². The summed E-state index contributed by atoms with van der Waals surface area (Å²) in [7, 11) is 0. The molecule has 3 N–H and O–H groups in total. The number of hydrogen-bond donors (Lipinski definition) is 3. The molecule has 11 nitrogen and oxygen atoms in total. The maximum absolute atomic E-state index is 14.3. The number of pyridine rings is 1. The van der Waals surface area contributed by atoms with Crippen molar-refractivity contribution in [3.8, 4) is 17.5 Å². The predicted molar refractivity (Wildman–Crippen MR) is 149 cm³/mol. The van der Waals surface area contributed by atoms with Gasteiger partial charge in [0.1, 0.15) is 12.2 Å². The lowest BCUT2D eigenvalue weighted by Crippen LogP contribution is -2.42. The van der Waals surface area contributed by atoms with Crippen LogP contribution in [0.25, 0.3) is 16.9 Å². The Hall–Kier alpha value is -4.38. The standard InChI is InChI=1S/C29H32F3N7O4/c1-28(2,42)25(30)14-35-26(40)21-13-34-23(24-4-3-20-9-18(11-33)12-36-39(20)24)10-22(21)37-19-7-17(8-19)15-43-27(41)38-6-5-29(31,32)16-38/h3-4,9-10,12-13,17,19,25,42H,5-8,14-16H2,1-2H3,(H,34,37)(H,35,40)/t17?,19?,25-/m1/s1. The van der Waals surface area contributed by atoms with Crippen LogP contribution in [0.2, 0.25) is 0 Å². The lowest BCUT2D eigenvalue weighted by Gasteiger charge is -2.36. The molecule has 1 aliphatic heterocycles. The number of ether oxygens (including phenoxy) is 1. The molecule has 43 heavy (non-hydrogen) atoms. The fourth-order valence-corrected chi connectivity index (χ4v) is 5.06. The molecule has 228 valence electrons. The van der Waals surface area contributed by atoms with Crippen LogP contribution in [0.5, 0.6) is 0 Å². The molecular weight excluding hydrogens is 567 g/mol. The highest BCUT2D eigenvalue weighted by atomic mass is 19.3. The highest BCUT2D eigenvalue weighted by Crippen LogP contribution is 2.34. The average Bonchev–Trinajstić information content (AvgIpc) is 3.54. The van der Waals surface area contributed by atoms with Crippen molar-refractivity contribution >= 4 is 23.2 Å². The summed E-state index contributed by atoms with van der Waals surface area (Å²) in [5.74, 6) is -3.46. The Kier molecular flexibility index (Phi) is 8.20. The van der Waals surface area contributed by atoms with Crippen LogP contribution in [0.3, 0.4) is 0 Å². The van der Waals surface area contributed by atoms with Gasteiger partial charge in [-0.15, -0.1) is 0 Å². The Bertz CT molecular complexity index is 1560. The Balaban J connectivity index is 1.29. The first kappa shape index (κ1) is 30.1. The Morgan fingerprint density at radius 1 is 1.28 bits per heavy atom. The molecule has 1 atom stereocenters. The van der Waals surface area contributed by atoms with Crippen molar-refractivity contribution in [2.24, 2.45) is 5.92 Å². The highest BCUT2D eigenvalue weighted by molar-refractivity contribution is 6.00. The Morgan fingerprint density at radius 2 is 2.05 bits per heavy atom. The van der Waals surface area contributed by atoms with Crippen LogP contribution in [0.1, 0.15) is 49.0 Å². The summed E-state index contributed by atoms with van der Waals surface area (Å²) in [6.07, 6.45) is 1.18. The van der Waals surface area contributed by atoms with Gasteiger partial charge in [-0.25, -0.2) is 22.5 Å².